The van der Waals surface area contributed by atoms with Crippen LogP contribution in [0.3, 0.4) is 0 Å². The molecule has 4 rings (SSSR count). The van der Waals surface area contributed by atoms with Crippen LogP contribution in [0.25, 0.3) is 28.0 Å². The first-order valence-corrected chi connectivity index (χ1v) is 7.71. The van der Waals surface area contributed by atoms with Crippen LogP contribution in [0, 0.1) is 12.7 Å². The highest BCUT2D eigenvalue weighted by Crippen LogP contribution is 2.34. The third-order valence-electron chi connectivity index (χ3n) is 3.75. The summed E-state index contributed by atoms with van der Waals surface area (Å²) in [5, 5.41) is 9.13. The Balaban J connectivity index is 1.99. The number of nitrogens with zero attached hydrogens (tertiary/aromatic N) is 5. The summed E-state index contributed by atoms with van der Waals surface area (Å²) in [5.41, 5.74) is 4.80. The summed E-state index contributed by atoms with van der Waals surface area (Å²) < 4.78 is 16.6. The lowest BCUT2D eigenvalue weighted by Crippen LogP contribution is -1.94. The van der Waals surface area contributed by atoms with Crippen molar-refractivity contribution in [3.8, 4) is 22.4 Å². The molecule has 0 radical (unpaired) electrons. The molecule has 4 aromatic rings. The molecule has 0 aliphatic rings. The van der Waals surface area contributed by atoms with Crippen molar-refractivity contribution in [2.24, 2.45) is 7.05 Å². The Morgan fingerprint density at radius 3 is 2.54 bits per heavy atom. The van der Waals surface area contributed by atoms with Gasteiger partial charge in [0.05, 0.1) is 11.9 Å². The summed E-state index contributed by atoms with van der Waals surface area (Å²) in [5.74, 6) is -0.283. The lowest BCUT2D eigenvalue weighted by atomic mass is 10.0. The molecule has 5 nitrogen and oxygen atoms in total. The Morgan fingerprint density at radius 1 is 1.04 bits per heavy atom. The van der Waals surface area contributed by atoms with E-state index in [2.05, 4.69) is 15.2 Å². The number of hydrogen-bond donors (Lipinski definition) is 0. The maximum Gasteiger partial charge on any atom is 0.161 e. The molecule has 0 aliphatic carbocycles. The van der Waals surface area contributed by atoms with E-state index in [0.717, 1.165) is 28.1 Å². The van der Waals surface area contributed by atoms with Crippen molar-refractivity contribution >= 4 is 17.2 Å². The lowest BCUT2D eigenvalue weighted by molar-refractivity contribution is 0.628. The number of halogens is 2. The molecule has 0 unspecified atom stereocenters. The second kappa shape index (κ2) is 5.42. The van der Waals surface area contributed by atoms with Gasteiger partial charge in [-0.2, -0.15) is 10.2 Å². The Hall–Kier alpha value is -2.73. The van der Waals surface area contributed by atoms with Crippen molar-refractivity contribution in [2.45, 2.75) is 6.92 Å². The zero-order valence-electron chi connectivity index (χ0n) is 13.0. The van der Waals surface area contributed by atoms with Gasteiger partial charge in [-0.3, -0.25) is 4.68 Å². The normalized spacial score (nSPS) is 11.3. The fourth-order valence-electron chi connectivity index (χ4n) is 2.77. The van der Waals surface area contributed by atoms with Gasteiger partial charge in [-0.15, -0.1) is 0 Å². The molecule has 120 valence electrons. The number of hydrogen-bond acceptors (Lipinski definition) is 3. The van der Waals surface area contributed by atoms with Gasteiger partial charge in [-0.05, 0) is 37.3 Å². The van der Waals surface area contributed by atoms with E-state index in [-0.39, 0.29) is 5.82 Å². The minimum atomic E-state index is -0.283. The highest BCUT2D eigenvalue weighted by atomic mass is 35.5. The topological polar surface area (TPSA) is 48.0 Å². The summed E-state index contributed by atoms with van der Waals surface area (Å²) in [7, 11) is 1.84. The molecule has 7 heteroatoms. The molecular formula is C17H13ClFN5. The molecule has 0 atom stereocenters. The van der Waals surface area contributed by atoms with Crippen molar-refractivity contribution in [1.82, 2.24) is 24.4 Å². The van der Waals surface area contributed by atoms with Gasteiger partial charge in [-0.1, -0.05) is 11.6 Å². The first-order valence-electron chi connectivity index (χ1n) is 7.34. The number of aromatic nitrogens is 5. The Bertz CT molecular complexity index is 1050. The van der Waals surface area contributed by atoms with E-state index in [4.69, 9.17) is 11.6 Å². The van der Waals surface area contributed by atoms with E-state index < -0.39 is 0 Å². The van der Waals surface area contributed by atoms with Crippen molar-refractivity contribution < 1.29 is 4.39 Å². The number of fused-ring (bicyclic) bond motifs is 1. The van der Waals surface area contributed by atoms with E-state index in [1.807, 2.05) is 26.4 Å². The van der Waals surface area contributed by atoms with Crippen LogP contribution in [0.4, 0.5) is 4.39 Å². The van der Waals surface area contributed by atoms with Gasteiger partial charge in [0.2, 0.25) is 0 Å². The standard InChI is InChI=1S/C17H13ClFN5/c1-10-8-24-17(20-10)13(7-15(18)21-24)14-9-23(2)22-16(14)11-3-5-12(19)6-4-11/h3-9H,1-2H3. The summed E-state index contributed by atoms with van der Waals surface area (Å²) in [6, 6.07) is 8.02. The number of rotatable bonds is 2. The number of imidazole rings is 1. The molecule has 0 aliphatic heterocycles. The average molecular weight is 342 g/mol. The smallest absolute Gasteiger partial charge is 0.161 e. The molecular weight excluding hydrogens is 329 g/mol. The second-order valence-corrected chi connectivity index (χ2v) is 5.99. The summed E-state index contributed by atoms with van der Waals surface area (Å²) >= 11 is 6.17. The molecule has 24 heavy (non-hydrogen) atoms. The van der Waals surface area contributed by atoms with Crippen molar-refractivity contribution in [1.29, 1.82) is 0 Å². The van der Waals surface area contributed by atoms with Gasteiger partial charge in [0, 0.05) is 29.9 Å². The highest BCUT2D eigenvalue weighted by Gasteiger charge is 2.17. The van der Waals surface area contributed by atoms with E-state index in [9.17, 15) is 4.39 Å². The van der Waals surface area contributed by atoms with Crippen LogP contribution in [0.2, 0.25) is 5.15 Å². The summed E-state index contributed by atoms with van der Waals surface area (Å²) in [6.07, 6.45) is 3.72. The fraction of sp³-hybridized carbons (Fsp3) is 0.118. The first kappa shape index (κ1) is 14.8. The molecule has 0 saturated heterocycles. The maximum absolute atomic E-state index is 13.2. The van der Waals surface area contributed by atoms with E-state index in [1.54, 1.807) is 27.4 Å². The predicted molar refractivity (Wildman–Crippen MR) is 90.3 cm³/mol. The zero-order chi connectivity index (χ0) is 16.8. The van der Waals surface area contributed by atoms with Crippen LogP contribution in [0.1, 0.15) is 5.69 Å². The van der Waals surface area contributed by atoms with Gasteiger partial charge in [-0.25, -0.2) is 13.9 Å². The van der Waals surface area contributed by atoms with E-state index >= 15 is 0 Å². The maximum atomic E-state index is 13.2. The molecule has 3 heterocycles. The van der Waals surface area contributed by atoms with Gasteiger partial charge in [0.25, 0.3) is 0 Å². The summed E-state index contributed by atoms with van der Waals surface area (Å²) in [6.45, 7) is 1.90. The van der Waals surface area contributed by atoms with Crippen LogP contribution in [0.5, 0.6) is 0 Å². The molecule has 1 aromatic carbocycles. The molecule has 0 bridgehead atoms. The molecule has 0 spiro atoms. The van der Waals surface area contributed by atoms with Crippen molar-refractivity contribution in [3.63, 3.8) is 0 Å². The van der Waals surface area contributed by atoms with Crippen LogP contribution in [0.15, 0.2) is 42.7 Å². The van der Waals surface area contributed by atoms with E-state index in [0.29, 0.717) is 10.8 Å². The van der Waals surface area contributed by atoms with Gasteiger partial charge < -0.3 is 0 Å². The third kappa shape index (κ3) is 2.45. The van der Waals surface area contributed by atoms with Crippen molar-refractivity contribution in [3.05, 3.63) is 59.4 Å². The van der Waals surface area contributed by atoms with E-state index in [1.165, 1.54) is 12.1 Å². The molecule has 3 aromatic heterocycles. The molecule has 0 saturated carbocycles. The molecule has 0 amide bonds. The Kier molecular flexibility index (Phi) is 3.35. The third-order valence-corrected chi connectivity index (χ3v) is 3.94. The van der Waals surface area contributed by atoms with Gasteiger partial charge in [0.15, 0.2) is 10.8 Å². The monoisotopic (exact) mass is 341 g/mol. The average Bonchev–Trinajstić information content (AvgIpc) is 3.09. The molecule has 0 fully saturated rings. The van der Waals surface area contributed by atoms with Crippen molar-refractivity contribution in [2.75, 3.05) is 0 Å². The zero-order valence-corrected chi connectivity index (χ0v) is 13.8. The molecule has 0 N–H and O–H groups in total. The first-order chi connectivity index (χ1) is 11.5. The largest absolute Gasteiger partial charge is 0.275 e. The van der Waals surface area contributed by atoms with Crippen LogP contribution < -0.4 is 0 Å². The van der Waals surface area contributed by atoms with Crippen LogP contribution in [-0.4, -0.2) is 24.4 Å². The Labute approximate surface area is 142 Å². The minimum Gasteiger partial charge on any atom is -0.275 e. The highest BCUT2D eigenvalue weighted by molar-refractivity contribution is 6.29. The predicted octanol–water partition coefficient (Wildman–Crippen LogP) is 3.90. The van der Waals surface area contributed by atoms with Gasteiger partial charge >= 0.3 is 0 Å². The SMILES string of the molecule is Cc1cn2nc(Cl)cc(-c3cn(C)nc3-c3ccc(F)cc3)c2n1. The Morgan fingerprint density at radius 2 is 1.79 bits per heavy atom. The lowest BCUT2D eigenvalue weighted by Gasteiger charge is -2.05. The summed E-state index contributed by atoms with van der Waals surface area (Å²) in [4.78, 5) is 4.53. The minimum absolute atomic E-state index is 0.283. The van der Waals surface area contributed by atoms with Crippen LogP contribution in [-0.2, 0) is 7.05 Å². The number of aryl methyl sites for hydroxylation is 2. The van der Waals surface area contributed by atoms with Crippen LogP contribution >= 0.6 is 11.6 Å². The fourth-order valence-corrected chi connectivity index (χ4v) is 2.96. The second-order valence-electron chi connectivity index (χ2n) is 5.60. The van der Waals surface area contributed by atoms with Gasteiger partial charge in [0.1, 0.15) is 11.5 Å². The number of benzene rings is 1. The quantitative estimate of drug-likeness (QED) is 0.555.